The Balaban J connectivity index is 2.48. The first-order valence-electron chi connectivity index (χ1n) is 5.62. The van der Waals surface area contributed by atoms with Crippen LogP contribution in [0.25, 0.3) is 0 Å². The standard InChI is InChI=1S/C13H21NO2/c1-11(10-14-8-9-15-2)12-6-4-5-7-13(12)16-3/h4-7,11,14H,8-10H2,1-3H3. The normalized spacial score (nSPS) is 12.4. The number of nitrogens with one attached hydrogen (secondary N) is 1. The third-order valence-electron chi connectivity index (χ3n) is 2.60. The highest BCUT2D eigenvalue weighted by Gasteiger charge is 2.09. The highest BCUT2D eigenvalue weighted by molar-refractivity contribution is 5.35. The van der Waals surface area contributed by atoms with Crippen LogP contribution in [-0.4, -0.2) is 33.9 Å². The average molecular weight is 223 g/mol. The molecule has 16 heavy (non-hydrogen) atoms. The Kier molecular flexibility index (Phi) is 5.90. The zero-order valence-electron chi connectivity index (χ0n) is 10.3. The number of hydrogen-bond donors (Lipinski definition) is 1. The van der Waals surface area contributed by atoms with Crippen LogP contribution in [0, 0.1) is 0 Å². The Hall–Kier alpha value is -1.06. The van der Waals surface area contributed by atoms with Gasteiger partial charge in [-0.3, -0.25) is 0 Å². The quantitative estimate of drug-likeness (QED) is 0.717. The molecule has 1 aromatic rings. The molecule has 0 aliphatic rings. The number of hydrogen-bond acceptors (Lipinski definition) is 3. The monoisotopic (exact) mass is 223 g/mol. The first-order valence-corrected chi connectivity index (χ1v) is 5.62. The summed E-state index contributed by atoms with van der Waals surface area (Å²) in [7, 11) is 3.43. The summed E-state index contributed by atoms with van der Waals surface area (Å²) in [6.07, 6.45) is 0. The number of para-hydroxylation sites is 1. The van der Waals surface area contributed by atoms with Gasteiger partial charge in [0.15, 0.2) is 0 Å². The zero-order chi connectivity index (χ0) is 11.8. The molecule has 0 aliphatic carbocycles. The summed E-state index contributed by atoms with van der Waals surface area (Å²) in [5, 5.41) is 3.36. The van der Waals surface area contributed by atoms with E-state index in [0.717, 1.165) is 25.4 Å². The second-order valence-electron chi connectivity index (χ2n) is 3.84. The van der Waals surface area contributed by atoms with E-state index in [4.69, 9.17) is 9.47 Å². The van der Waals surface area contributed by atoms with Crippen LogP contribution >= 0.6 is 0 Å². The summed E-state index contributed by atoms with van der Waals surface area (Å²) in [6.45, 7) is 4.76. The smallest absolute Gasteiger partial charge is 0.122 e. The molecule has 0 amide bonds. The third kappa shape index (κ3) is 3.83. The molecule has 1 rings (SSSR count). The lowest BCUT2D eigenvalue weighted by Gasteiger charge is -2.16. The highest BCUT2D eigenvalue weighted by atomic mass is 16.5. The molecule has 1 unspecified atom stereocenters. The molecule has 0 aromatic heterocycles. The van der Waals surface area contributed by atoms with Crippen molar-refractivity contribution >= 4 is 0 Å². The summed E-state index contributed by atoms with van der Waals surface area (Å²) in [5.41, 5.74) is 1.25. The van der Waals surface area contributed by atoms with E-state index in [2.05, 4.69) is 18.3 Å². The van der Waals surface area contributed by atoms with Gasteiger partial charge in [-0.25, -0.2) is 0 Å². The molecular formula is C13H21NO2. The molecule has 0 saturated heterocycles. The highest BCUT2D eigenvalue weighted by Crippen LogP contribution is 2.25. The lowest BCUT2D eigenvalue weighted by molar-refractivity contribution is 0.199. The molecule has 3 nitrogen and oxygen atoms in total. The van der Waals surface area contributed by atoms with Crippen LogP contribution in [0.3, 0.4) is 0 Å². The predicted octanol–water partition coefficient (Wildman–Crippen LogP) is 2.03. The van der Waals surface area contributed by atoms with Gasteiger partial charge in [0, 0.05) is 20.2 Å². The van der Waals surface area contributed by atoms with Crippen LogP contribution in [0.15, 0.2) is 24.3 Å². The molecule has 1 N–H and O–H groups in total. The third-order valence-corrected chi connectivity index (χ3v) is 2.60. The van der Waals surface area contributed by atoms with Crippen molar-refractivity contribution < 1.29 is 9.47 Å². The Morgan fingerprint density at radius 1 is 1.25 bits per heavy atom. The topological polar surface area (TPSA) is 30.5 Å². The van der Waals surface area contributed by atoms with E-state index in [9.17, 15) is 0 Å². The summed E-state index contributed by atoms with van der Waals surface area (Å²) in [6, 6.07) is 8.15. The van der Waals surface area contributed by atoms with Crippen molar-refractivity contribution in [3.05, 3.63) is 29.8 Å². The molecule has 1 atom stereocenters. The maximum Gasteiger partial charge on any atom is 0.122 e. The molecule has 0 spiro atoms. The fourth-order valence-electron chi connectivity index (χ4n) is 1.68. The number of methoxy groups -OCH3 is 2. The van der Waals surface area contributed by atoms with E-state index in [0.29, 0.717) is 5.92 Å². The molecule has 90 valence electrons. The molecular weight excluding hydrogens is 202 g/mol. The average Bonchev–Trinajstić information content (AvgIpc) is 2.34. The second-order valence-corrected chi connectivity index (χ2v) is 3.84. The zero-order valence-corrected chi connectivity index (χ0v) is 10.3. The fourth-order valence-corrected chi connectivity index (χ4v) is 1.68. The SMILES string of the molecule is COCCNCC(C)c1ccccc1OC. The van der Waals surface area contributed by atoms with Gasteiger partial charge in [0.25, 0.3) is 0 Å². The van der Waals surface area contributed by atoms with Gasteiger partial charge in [-0.05, 0) is 17.5 Å². The van der Waals surface area contributed by atoms with Crippen LogP contribution in [-0.2, 0) is 4.74 Å². The Labute approximate surface area is 97.8 Å². The van der Waals surface area contributed by atoms with E-state index in [1.54, 1.807) is 14.2 Å². The number of rotatable bonds is 7. The van der Waals surface area contributed by atoms with Crippen LogP contribution in [0.2, 0.25) is 0 Å². The van der Waals surface area contributed by atoms with E-state index in [1.807, 2.05) is 18.2 Å². The van der Waals surface area contributed by atoms with Gasteiger partial charge in [-0.1, -0.05) is 25.1 Å². The van der Waals surface area contributed by atoms with E-state index >= 15 is 0 Å². The van der Waals surface area contributed by atoms with Crippen LogP contribution in [0.4, 0.5) is 0 Å². The van der Waals surface area contributed by atoms with E-state index in [-0.39, 0.29) is 0 Å². The number of ether oxygens (including phenoxy) is 2. The van der Waals surface area contributed by atoms with Gasteiger partial charge < -0.3 is 14.8 Å². The lowest BCUT2D eigenvalue weighted by atomic mass is 10.0. The minimum atomic E-state index is 0.438. The molecule has 1 aromatic carbocycles. The molecule has 0 heterocycles. The molecule has 0 bridgehead atoms. The van der Waals surface area contributed by atoms with Gasteiger partial charge in [-0.2, -0.15) is 0 Å². The number of benzene rings is 1. The molecule has 0 saturated carbocycles. The van der Waals surface area contributed by atoms with E-state index in [1.165, 1.54) is 5.56 Å². The van der Waals surface area contributed by atoms with Crippen molar-refractivity contribution in [3.63, 3.8) is 0 Å². The first kappa shape index (κ1) is 13.0. The van der Waals surface area contributed by atoms with Gasteiger partial charge in [0.2, 0.25) is 0 Å². The Bertz CT molecular complexity index is 302. The fraction of sp³-hybridized carbons (Fsp3) is 0.538. The summed E-state index contributed by atoms with van der Waals surface area (Å²) in [4.78, 5) is 0. The first-order chi connectivity index (χ1) is 7.79. The van der Waals surface area contributed by atoms with Crippen molar-refractivity contribution in [1.29, 1.82) is 0 Å². The van der Waals surface area contributed by atoms with Crippen molar-refractivity contribution in [1.82, 2.24) is 5.32 Å². The van der Waals surface area contributed by atoms with Crippen molar-refractivity contribution in [2.45, 2.75) is 12.8 Å². The van der Waals surface area contributed by atoms with Crippen LogP contribution in [0.5, 0.6) is 5.75 Å². The molecule has 3 heteroatoms. The van der Waals surface area contributed by atoms with Gasteiger partial charge in [-0.15, -0.1) is 0 Å². The minimum absolute atomic E-state index is 0.438. The summed E-state index contributed by atoms with van der Waals surface area (Å²) >= 11 is 0. The minimum Gasteiger partial charge on any atom is -0.496 e. The summed E-state index contributed by atoms with van der Waals surface area (Å²) < 4.78 is 10.3. The Morgan fingerprint density at radius 2 is 2.00 bits per heavy atom. The van der Waals surface area contributed by atoms with Crippen molar-refractivity contribution in [2.75, 3.05) is 33.9 Å². The van der Waals surface area contributed by atoms with Gasteiger partial charge >= 0.3 is 0 Å². The molecule has 0 radical (unpaired) electrons. The van der Waals surface area contributed by atoms with Gasteiger partial charge in [0.05, 0.1) is 13.7 Å². The van der Waals surface area contributed by atoms with Gasteiger partial charge in [0.1, 0.15) is 5.75 Å². The van der Waals surface area contributed by atoms with Crippen LogP contribution in [0.1, 0.15) is 18.4 Å². The molecule has 0 aliphatic heterocycles. The van der Waals surface area contributed by atoms with Crippen LogP contribution < -0.4 is 10.1 Å². The Morgan fingerprint density at radius 3 is 2.69 bits per heavy atom. The van der Waals surface area contributed by atoms with E-state index < -0.39 is 0 Å². The molecule has 0 fully saturated rings. The summed E-state index contributed by atoms with van der Waals surface area (Å²) in [5.74, 6) is 1.40. The predicted molar refractivity (Wildman–Crippen MR) is 66.2 cm³/mol. The maximum absolute atomic E-state index is 5.34. The van der Waals surface area contributed by atoms with Crippen molar-refractivity contribution in [3.8, 4) is 5.75 Å². The largest absolute Gasteiger partial charge is 0.496 e. The lowest BCUT2D eigenvalue weighted by Crippen LogP contribution is -2.24. The maximum atomic E-state index is 5.34. The second kappa shape index (κ2) is 7.25. The van der Waals surface area contributed by atoms with Crippen molar-refractivity contribution in [2.24, 2.45) is 0 Å².